The average molecular weight is 240 g/mol. The van der Waals surface area contributed by atoms with Crippen LogP contribution in [0.25, 0.3) is 0 Å². The smallest absolute Gasteiger partial charge is 0.272 e. The minimum atomic E-state index is -0.781. The number of carbonyl (C=O) groups is 1. The predicted molar refractivity (Wildman–Crippen MR) is 74.4 cm³/mol. The van der Waals surface area contributed by atoms with Gasteiger partial charge in [0.15, 0.2) is 0 Å². The summed E-state index contributed by atoms with van der Waals surface area (Å²) in [5, 5.41) is 3.66. The van der Waals surface area contributed by atoms with Gasteiger partial charge in [0.2, 0.25) is 0 Å². The maximum atomic E-state index is 10.7. The minimum absolute atomic E-state index is 0.781. The fraction of sp³-hybridized carbons (Fsp3) is 0.929. The molecular formula is C14H29AlO. The van der Waals surface area contributed by atoms with Crippen molar-refractivity contribution >= 4 is 20.4 Å². The Hall–Kier alpha value is 0.202. The average Bonchev–Trinajstić information content (AvgIpc) is 2.18. The Labute approximate surface area is 106 Å². The summed E-state index contributed by atoms with van der Waals surface area (Å²) < 4.78 is 0. The van der Waals surface area contributed by atoms with Gasteiger partial charge in [-0.3, -0.25) is 0 Å². The predicted octanol–water partition coefficient (Wildman–Crippen LogP) is 4.55. The Kier molecular flexibility index (Phi) is 10.5. The highest BCUT2D eigenvalue weighted by Crippen LogP contribution is 2.22. The summed E-state index contributed by atoms with van der Waals surface area (Å²) in [6.07, 6.45) is 6.42. The highest BCUT2D eigenvalue weighted by atomic mass is 27.2. The molecule has 2 heteroatoms. The topological polar surface area (TPSA) is 17.1 Å². The van der Waals surface area contributed by atoms with Gasteiger partial charge >= 0.3 is 0 Å². The molecule has 0 radical (unpaired) electrons. The first-order valence-electron chi connectivity index (χ1n) is 7.07. The monoisotopic (exact) mass is 240 g/mol. The summed E-state index contributed by atoms with van der Waals surface area (Å²) in [4.78, 5) is 10.7. The van der Waals surface area contributed by atoms with Crippen LogP contribution >= 0.6 is 0 Å². The highest BCUT2D eigenvalue weighted by molar-refractivity contribution is 6.61. The largest absolute Gasteiger partial charge is 0.305 e. The van der Waals surface area contributed by atoms with Crippen LogP contribution < -0.4 is 0 Å². The van der Waals surface area contributed by atoms with Gasteiger partial charge in [-0.25, -0.2) is 0 Å². The molecule has 2 atom stereocenters. The van der Waals surface area contributed by atoms with E-state index in [4.69, 9.17) is 0 Å². The minimum Gasteiger partial charge on any atom is -0.305 e. The molecule has 94 valence electrons. The summed E-state index contributed by atoms with van der Waals surface area (Å²) in [6, 6.07) is 0. The molecule has 2 unspecified atom stereocenters. The van der Waals surface area contributed by atoms with E-state index in [0.717, 1.165) is 17.1 Å². The van der Waals surface area contributed by atoms with Gasteiger partial charge in [0.1, 0.15) is 6.29 Å². The summed E-state index contributed by atoms with van der Waals surface area (Å²) in [6.45, 7) is 9.23. The molecule has 0 amide bonds. The second-order valence-electron chi connectivity index (χ2n) is 5.53. The van der Waals surface area contributed by atoms with E-state index in [9.17, 15) is 4.79 Å². The third-order valence-electron chi connectivity index (χ3n) is 3.46. The van der Waals surface area contributed by atoms with Crippen LogP contribution in [0.1, 0.15) is 53.4 Å². The molecule has 0 aromatic carbocycles. The van der Waals surface area contributed by atoms with Crippen LogP contribution in [0.4, 0.5) is 0 Å². The van der Waals surface area contributed by atoms with Crippen molar-refractivity contribution in [3.8, 4) is 0 Å². The van der Waals surface area contributed by atoms with E-state index in [1.807, 2.05) is 0 Å². The van der Waals surface area contributed by atoms with Crippen LogP contribution in [0.2, 0.25) is 15.8 Å². The first-order valence-corrected chi connectivity index (χ1v) is 9.52. The molecule has 0 aromatic heterocycles. The molecule has 0 spiro atoms. The molecule has 0 bridgehead atoms. The molecule has 0 fully saturated rings. The maximum Gasteiger partial charge on any atom is 0.272 e. The normalized spacial score (nSPS) is 14.5. The van der Waals surface area contributed by atoms with Crippen molar-refractivity contribution in [1.29, 1.82) is 0 Å². The van der Waals surface area contributed by atoms with Gasteiger partial charge in [-0.05, 0) is 5.28 Å². The Morgan fingerprint density at radius 3 is 1.75 bits per heavy atom. The molecule has 16 heavy (non-hydrogen) atoms. The van der Waals surface area contributed by atoms with E-state index in [-0.39, 0.29) is 0 Å². The molecule has 0 aromatic rings. The van der Waals surface area contributed by atoms with Gasteiger partial charge in [-0.1, -0.05) is 75.8 Å². The molecule has 0 saturated heterocycles. The van der Waals surface area contributed by atoms with Gasteiger partial charge in [-0.2, -0.15) is 0 Å². The number of rotatable bonds is 10. The summed E-state index contributed by atoms with van der Waals surface area (Å²) in [5.41, 5.74) is 0. The van der Waals surface area contributed by atoms with Crippen molar-refractivity contribution in [2.45, 2.75) is 69.2 Å². The third-order valence-corrected chi connectivity index (χ3v) is 7.27. The second-order valence-corrected chi connectivity index (χ2v) is 8.67. The van der Waals surface area contributed by atoms with E-state index in [2.05, 4.69) is 27.7 Å². The number of hydrogen-bond donors (Lipinski definition) is 0. The lowest BCUT2D eigenvalue weighted by molar-refractivity contribution is -0.106. The second kappa shape index (κ2) is 10.4. The quantitative estimate of drug-likeness (QED) is 0.404. The van der Waals surface area contributed by atoms with Gasteiger partial charge in [0.25, 0.3) is 14.1 Å². The maximum absolute atomic E-state index is 10.7. The lowest BCUT2D eigenvalue weighted by atomic mass is 10.1. The Bertz CT molecular complexity index is 156. The first-order chi connectivity index (χ1) is 7.63. The van der Waals surface area contributed by atoms with E-state index >= 15 is 0 Å². The van der Waals surface area contributed by atoms with Crippen molar-refractivity contribution < 1.29 is 4.79 Å². The molecule has 0 saturated carbocycles. The van der Waals surface area contributed by atoms with Gasteiger partial charge < -0.3 is 4.79 Å². The van der Waals surface area contributed by atoms with Gasteiger partial charge in [0.05, 0.1) is 0 Å². The van der Waals surface area contributed by atoms with Crippen molar-refractivity contribution in [2.24, 2.45) is 11.8 Å². The molecule has 0 N–H and O–H groups in total. The SMILES string of the molecule is CCCC(C)[CH2][Al]([CH2]C=O)[CH2]C(C)CCC. The van der Waals surface area contributed by atoms with Crippen molar-refractivity contribution in [1.82, 2.24) is 0 Å². The summed E-state index contributed by atoms with van der Waals surface area (Å²) in [7, 11) is 0. The van der Waals surface area contributed by atoms with Crippen LogP contribution in [-0.4, -0.2) is 20.4 Å². The Balaban J connectivity index is 3.99. The number of aldehydes is 1. The fourth-order valence-corrected chi connectivity index (χ4v) is 6.38. The molecule has 1 nitrogen and oxygen atoms in total. The number of hydrogen-bond acceptors (Lipinski definition) is 1. The molecule has 0 rings (SSSR count). The van der Waals surface area contributed by atoms with Crippen LogP contribution in [-0.2, 0) is 4.79 Å². The zero-order valence-electron chi connectivity index (χ0n) is 11.7. The molecule has 0 heterocycles. The Morgan fingerprint density at radius 2 is 1.44 bits per heavy atom. The van der Waals surface area contributed by atoms with E-state index in [0.29, 0.717) is 0 Å². The molecule has 0 aliphatic carbocycles. The van der Waals surface area contributed by atoms with Crippen molar-refractivity contribution in [3.63, 3.8) is 0 Å². The zero-order valence-corrected chi connectivity index (χ0v) is 12.8. The molecule has 0 aliphatic rings. The lowest BCUT2D eigenvalue weighted by Crippen LogP contribution is -2.19. The summed E-state index contributed by atoms with van der Waals surface area (Å²) in [5.74, 6) is 1.69. The zero-order chi connectivity index (χ0) is 12.4. The van der Waals surface area contributed by atoms with E-state index in [1.165, 1.54) is 42.5 Å². The van der Waals surface area contributed by atoms with Crippen LogP contribution in [0, 0.1) is 11.8 Å². The van der Waals surface area contributed by atoms with Crippen LogP contribution in [0.15, 0.2) is 0 Å². The van der Waals surface area contributed by atoms with Gasteiger partial charge in [0, 0.05) is 0 Å². The van der Waals surface area contributed by atoms with Crippen LogP contribution in [0.5, 0.6) is 0 Å². The third kappa shape index (κ3) is 8.37. The lowest BCUT2D eigenvalue weighted by Gasteiger charge is -2.18. The van der Waals surface area contributed by atoms with Crippen LogP contribution in [0.3, 0.4) is 0 Å². The van der Waals surface area contributed by atoms with E-state index in [1.54, 1.807) is 0 Å². The fourth-order valence-electron chi connectivity index (χ4n) is 2.78. The number of carbonyl (C=O) groups excluding carboxylic acids is 1. The standard InChI is InChI=1S/2C6H13.C2H3O.Al/c2*1-4-5-6(2)3;1-2-3;/h2*6H,2,4-5H2,1,3H3;2H,1H2;. The van der Waals surface area contributed by atoms with Crippen molar-refractivity contribution in [3.05, 3.63) is 0 Å². The Morgan fingerprint density at radius 1 is 1.00 bits per heavy atom. The molecular weight excluding hydrogens is 211 g/mol. The summed E-state index contributed by atoms with van der Waals surface area (Å²) >= 11 is -0.781. The van der Waals surface area contributed by atoms with Crippen molar-refractivity contribution in [2.75, 3.05) is 0 Å². The van der Waals surface area contributed by atoms with Gasteiger partial charge in [-0.15, -0.1) is 0 Å². The highest BCUT2D eigenvalue weighted by Gasteiger charge is 2.21. The molecule has 0 aliphatic heterocycles. The van der Waals surface area contributed by atoms with E-state index < -0.39 is 14.1 Å². The first kappa shape index (κ1) is 16.2.